The summed E-state index contributed by atoms with van der Waals surface area (Å²) in [4.78, 5) is 14.6. The lowest BCUT2D eigenvalue weighted by molar-refractivity contribution is 0.0952. The molecule has 0 spiro atoms. The molecule has 0 saturated carbocycles. The summed E-state index contributed by atoms with van der Waals surface area (Å²) in [6.45, 7) is 2.11. The molecule has 1 aromatic carbocycles. The van der Waals surface area contributed by atoms with Gasteiger partial charge in [-0.25, -0.2) is 8.78 Å². The van der Waals surface area contributed by atoms with E-state index < -0.39 is 11.6 Å². The maximum atomic E-state index is 13.3. The number of benzene rings is 1. The predicted octanol–water partition coefficient (Wildman–Crippen LogP) is 3.28. The molecular formula is C16H16F2N2OS. The highest BCUT2D eigenvalue weighted by Crippen LogP contribution is 2.25. The summed E-state index contributed by atoms with van der Waals surface area (Å²) < 4.78 is 26.2. The third kappa shape index (κ3) is 3.27. The van der Waals surface area contributed by atoms with Crippen molar-refractivity contribution in [3.05, 3.63) is 52.2 Å². The fourth-order valence-corrected chi connectivity index (χ4v) is 3.29. The van der Waals surface area contributed by atoms with Crippen molar-refractivity contribution in [1.82, 2.24) is 5.32 Å². The second-order valence-electron chi connectivity index (χ2n) is 5.39. The highest BCUT2D eigenvalue weighted by molar-refractivity contribution is 7.12. The van der Waals surface area contributed by atoms with E-state index in [1.54, 1.807) is 12.1 Å². The van der Waals surface area contributed by atoms with Gasteiger partial charge in [-0.05, 0) is 35.9 Å². The number of thiophene rings is 1. The van der Waals surface area contributed by atoms with Crippen molar-refractivity contribution in [2.45, 2.75) is 6.42 Å². The van der Waals surface area contributed by atoms with Crippen LogP contribution in [0.3, 0.4) is 0 Å². The van der Waals surface area contributed by atoms with Crippen LogP contribution in [0.25, 0.3) is 0 Å². The van der Waals surface area contributed by atoms with Crippen LogP contribution in [-0.2, 0) is 0 Å². The number of halogens is 2. The maximum absolute atomic E-state index is 13.3. The Hall–Kier alpha value is -1.95. The maximum Gasteiger partial charge on any atom is 0.261 e. The molecule has 3 nitrogen and oxygen atoms in total. The number of hydrogen-bond acceptors (Lipinski definition) is 3. The van der Waals surface area contributed by atoms with Crippen molar-refractivity contribution in [2.75, 3.05) is 24.5 Å². The second kappa shape index (κ2) is 6.44. The largest absolute Gasteiger partial charge is 0.371 e. The topological polar surface area (TPSA) is 32.3 Å². The third-order valence-corrected chi connectivity index (χ3v) is 4.72. The van der Waals surface area contributed by atoms with E-state index in [9.17, 15) is 13.6 Å². The quantitative estimate of drug-likeness (QED) is 0.937. The van der Waals surface area contributed by atoms with E-state index in [-0.39, 0.29) is 5.91 Å². The number of hydrogen-bond donors (Lipinski definition) is 1. The predicted molar refractivity (Wildman–Crippen MR) is 83.3 cm³/mol. The molecule has 2 heterocycles. The van der Waals surface area contributed by atoms with Crippen LogP contribution in [0.1, 0.15) is 16.1 Å². The van der Waals surface area contributed by atoms with Crippen molar-refractivity contribution in [3.8, 4) is 0 Å². The summed E-state index contributed by atoms with van der Waals surface area (Å²) in [7, 11) is 0. The van der Waals surface area contributed by atoms with E-state index in [1.165, 1.54) is 17.4 Å². The van der Waals surface area contributed by atoms with Crippen molar-refractivity contribution in [3.63, 3.8) is 0 Å². The molecule has 1 atom stereocenters. The van der Waals surface area contributed by atoms with Gasteiger partial charge >= 0.3 is 0 Å². The van der Waals surface area contributed by atoms with Gasteiger partial charge in [-0.3, -0.25) is 4.79 Å². The molecule has 1 aliphatic rings. The first-order valence-corrected chi connectivity index (χ1v) is 8.03. The smallest absolute Gasteiger partial charge is 0.261 e. The van der Waals surface area contributed by atoms with Crippen molar-refractivity contribution >= 4 is 22.9 Å². The summed E-state index contributed by atoms with van der Waals surface area (Å²) in [6.07, 6.45) is 0.920. The van der Waals surface area contributed by atoms with E-state index >= 15 is 0 Å². The van der Waals surface area contributed by atoms with Gasteiger partial charge in [0.1, 0.15) is 0 Å². The van der Waals surface area contributed by atoms with Gasteiger partial charge in [-0.2, -0.15) is 0 Å². The summed E-state index contributed by atoms with van der Waals surface area (Å²) in [5, 5.41) is 4.80. The Labute approximate surface area is 131 Å². The van der Waals surface area contributed by atoms with Crippen molar-refractivity contribution in [2.24, 2.45) is 5.92 Å². The number of carbonyl (C=O) groups excluding carboxylic acids is 1. The average molecular weight is 322 g/mol. The minimum atomic E-state index is -0.831. The Morgan fingerprint density at radius 1 is 1.32 bits per heavy atom. The van der Waals surface area contributed by atoms with Gasteiger partial charge < -0.3 is 10.2 Å². The fraction of sp³-hybridized carbons (Fsp3) is 0.312. The molecule has 1 aromatic heterocycles. The molecule has 0 radical (unpaired) electrons. The fourth-order valence-electron chi connectivity index (χ4n) is 2.65. The SMILES string of the molecule is O=C(NCC1CCN(c2ccc(F)c(F)c2)C1)c1cccs1. The standard InChI is InChI=1S/C16H16F2N2OS/c17-13-4-3-12(8-14(13)18)20-6-5-11(10-20)9-19-16(21)15-2-1-7-22-15/h1-4,7-8,11H,5-6,9-10H2,(H,19,21). The molecule has 116 valence electrons. The van der Waals surface area contributed by atoms with Crippen LogP contribution in [0.4, 0.5) is 14.5 Å². The number of anilines is 1. The van der Waals surface area contributed by atoms with Crippen LogP contribution < -0.4 is 10.2 Å². The molecule has 1 unspecified atom stereocenters. The van der Waals surface area contributed by atoms with Gasteiger partial charge in [0.2, 0.25) is 0 Å². The number of nitrogens with zero attached hydrogens (tertiary/aromatic N) is 1. The van der Waals surface area contributed by atoms with Crippen LogP contribution in [-0.4, -0.2) is 25.5 Å². The first kappa shape index (κ1) is 15.0. The Morgan fingerprint density at radius 2 is 2.18 bits per heavy atom. The minimum absolute atomic E-state index is 0.0544. The first-order chi connectivity index (χ1) is 10.6. The Morgan fingerprint density at radius 3 is 2.91 bits per heavy atom. The molecule has 0 bridgehead atoms. The highest BCUT2D eigenvalue weighted by atomic mass is 32.1. The van der Waals surface area contributed by atoms with Crippen LogP contribution in [0.5, 0.6) is 0 Å². The lowest BCUT2D eigenvalue weighted by atomic mass is 10.1. The van der Waals surface area contributed by atoms with E-state index in [0.29, 0.717) is 23.0 Å². The van der Waals surface area contributed by atoms with Crippen molar-refractivity contribution < 1.29 is 13.6 Å². The van der Waals surface area contributed by atoms with Crippen LogP contribution >= 0.6 is 11.3 Å². The normalized spacial score (nSPS) is 17.7. The summed E-state index contributed by atoms with van der Waals surface area (Å²) in [5.41, 5.74) is 0.686. The zero-order chi connectivity index (χ0) is 15.5. The molecule has 3 rings (SSSR count). The monoisotopic (exact) mass is 322 g/mol. The molecule has 6 heteroatoms. The van der Waals surface area contributed by atoms with Crippen LogP contribution in [0.2, 0.25) is 0 Å². The molecule has 2 aromatic rings. The van der Waals surface area contributed by atoms with Gasteiger partial charge in [-0.1, -0.05) is 6.07 Å². The zero-order valence-corrected chi connectivity index (χ0v) is 12.7. The van der Waals surface area contributed by atoms with E-state index in [1.807, 2.05) is 16.3 Å². The average Bonchev–Trinajstić information content (AvgIpc) is 3.19. The molecule has 0 aliphatic carbocycles. The Balaban J connectivity index is 1.54. The summed E-state index contributed by atoms with van der Waals surface area (Å²) in [5.74, 6) is -1.40. The van der Waals surface area contributed by atoms with Gasteiger partial charge in [0.25, 0.3) is 5.91 Å². The molecule has 22 heavy (non-hydrogen) atoms. The van der Waals surface area contributed by atoms with E-state index in [2.05, 4.69) is 5.32 Å². The van der Waals surface area contributed by atoms with Crippen LogP contribution in [0, 0.1) is 17.6 Å². The molecule has 1 N–H and O–H groups in total. The summed E-state index contributed by atoms with van der Waals surface area (Å²) in [6, 6.07) is 7.60. The number of carbonyl (C=O) groups is 1. The van der Waals surface area contributed by atoms with E-state index in [4.69, 9.17) is 0 Å². The zero-order valence-electron chi connectivity index (χ0n) is 11.9. The lowest BCUT2D eigenvalue weighted by Gasteiger charge is -2.19. The van der Waals surface area contributed by atoms with Gasteiger partial charge in [0, 0.05) is 31.4 Å². The number of amides is 1. The molecule has 1 saturated heterocycles. The van der Waals surface area contributed by atoms with Crippen LogP contribution in [0.15, 0.2) is 35.7 Å². The Bertz CT molecular complexity index is 660. The highest BCUT2D eigenvalue weighted by Gasteiger charge is 2.24. The molecule has 1 amide bonds. The van der Waals surface area contributed by atoms with Crippen molar-refractivity contribution in [1.29, 1.82) is 0 Å². The number of rotatable bonds is 4. The van der Waals surface area contributed by atoms with Gasteiger partial charge in [0.05, 0.1) is 4.88 Å². The third-order valence-electron chi connectivity index (χ3n) is 3.85. The Kier molecular flexibility index (Phi) is 4.38. The molecule has 1 aliphatic heterocycles. The summed E-state index contributed by atoms with van der Waals surface area (Å²) >= 11 is 1.41. The lowest BCUT2D eigenvalue weighted by Crippen LogP contribution is -2.30. The molecular weight excluding hydrogens is 306 g/mol. The van der Waals surface area contributed by atoms with Gasteiger partial charge in [0.15, 0.2) is 11.6 Å². The van der Waals surface area contributed by atoms with Gasteiger partial charge in [-0.15, -0.1) is 11.3 Å². The van der Waals surface area contributed by atoms with E-state index in [0.717, 1.165) is 25.6 Å². The minimum Gasteiger partial charge on any atom is -0.371 e. The second-order valence-corrected chi connectivity index (χ2v) is 6.33. The molecule has 1 fully saturated rings. The first-order valence-electron chi connectivity index (χ1n) is 7.15. The number of nitrogens with one attached hydrogen (secondary N) is 1.